The van der Waals surface area contributed by atoms with Gasteiger partial charge < -0.3 is 5.32 Å². The smallest absolute Gasteiger partial charge is 0.221 e. The van der Waals surface area contributed by atoms with E-state index < -0.39 is 6.04 Å². The predicted molar refractivity (Wildman–Crippen MR) is 85.5 cm³/mol. The normalized spacial score (nSPS) is 11.5. The minimum atomic E-state index is -0.831. The number of nitrogens with zero attached hydrogens (tertiary/aromatic N) is 2. The maximum absolute atomic E-state index is 12.0. The van der Waals surface area contributed by atoms with Crippen molar-refractivity contribution in [3.05, 3.63) is 63.9 Å². The summed E-state index contributed by atoms with van der Waals surface area (Å²) in [5.41, 5.74) is 1.31. The number of aromatic nitrogens is 1. The van der Waals surface area contributed by atoms with Crippen molar-refractivity contribution < 1.29 is 4.79 Å². The molecular formula is C16H13Cl2N3O. The van der Waals surface area contributed by atoms with Gasteiger partial charge in [-0.2, -0.15) is 5.26 Å². The second-order valence-corrected chi connectivity index (χ2v) is 5.38. The van der Waals surface area contributed by atoms with E-state index in [0.29, 0.717) is 17.0 Å². The molecule has 1 atom stereocenters. The molecule has 0 aliphatic rings. The number of amides is 1. The molecule has 0 radical (unpaired) electrons. The fraction of sp³-hybridized carbons (Fsp3) is 0.188. The Hall–Kier alpha value is -2.09. The first-order chi connectivity index (χ1) is 10.6. The maximum atomic E-state index is 12.0. The van der Waals surface area contributed by atoms with Crippen molar-refractivity contribution in [3.8, 4) is 6.07 Å². The third-order valence-corrected chi connectivity index (χ3v) is 3.89. The molecule has 1 N–H and O–H groups in total. The Kier molecular flexibility index (Phi) is 5.76. The van der Waals surface area contributed by atoms with Crippen molar-refractivity contribution in [1.82, 2.24) is 10.3 Å². The van der Waals surface area contributed by atoms with Crippen LogP contribution in [0.15, 0.2) is 42.6 Å². The van der Waals surface area contributed by atoms with Gasteiger partial charge in [0.25, 0.3) is 0 Å². The second kappa shape index (κ2) is 7.79. The van der Waals surface area contributed by atoms with Crippen molar-refractivity contribution in [2.24, 2.45) is 0 Å². The van der Waals surface area contributed by atoms with Crippen LogP contribution in [0.4, 0.5) is 0 Å². The lowest BCUT2D eigenvalue weighted by Crippen LogP contribution is -2.28. The molecule has 4 nitrogen and oxygen atoms in total. The molecule has 22 heavy (non-hydrogen) atoms. The summed E-state index contributed by atoms with van der Waals surface area (Å²) in [6.45, 7) is 0. The quantitative estimate of drug-likeness (QED) is 0.907. The summed E-state index contributed by atoms with van der Waals surface area (Å²) in [7, 11) is 0. The van der Waals surface area contributed by atoms with E-state index in [-0.39, 0.29) is 17.4 Å². The van der Waals surface area contributed by atoms with Gasteiger partial charge in [0.15, 0.2) is 0 Å². The third-order valence-electron chi connectivity index (χ3n) is 3.06. The van der Waals surface area contributed by atoms with Gasteiger partial charge in [-0.15, -0.1) is 0 Å². The summed E-state index contributed by atoms with van der Waals surface area (Å²) in [6.07, 6.45) is 2.43. The molecular weight excluding hydrogens is 321 g/mol. The maximum Gasteiger partial charge on any atom is 0.221 e. The number of carbonyl (C=O) groups excluding carboxylic acids is 1. The summed E-state index contributed by atoms with van der Waals surface area (Å²) < 4.78 is 0. The lowest BCUT2D eigenvalue weighted by molar-refractivity contribution is -0.121. The zero-order valence-electron chi connectivity index (χ0n) is 11.6. The highest BCUT2D eigenvalue weighted by Crippen LogP contribution is 2.29. The second-order valence-electron chi connectivity index (χ2n) is 4.59. The highest BCUT2D eigenvalue weighted by molar-refractivity contribution is 6.42. The minimum Gasteiger partial charge on any atom is -0.337 e. The van der Waals surface area contributed by atoms with Crippen LogP contribution in [-0.4, -0.2) is 10.9 Å². The van der Waals surface area contributed by atoms with Gasteiger partial charge in [-0.3, -0.25) is 9.78 Å². The van der Waals surface area contributed by atoms with Crippen molar-refractivity contribution in [2.75, 3.05) is 0 Å². The zero-order chi connectivity index (χ0) is 15.9. The van der Waals surface area contributed by atoms with Crippen LogP contribution in [0.2, 0.25) is 10.0 Å². The number of rotatable bonds is 5. The Morgan fingerprint density at radius 1 is 1.27 bits per heavy atom. The van der Waals surface area contributed by atoms with Crippen LogP contribution in [0.5, 0.6) is 0 Å². The minimum absolute atomic E-state index is 0.242. The number of nitriles is 1. The molecule has 0 fully saturated rings. The van der Waals surface area contributed by atoms with Crippen molar-refractivity contribution >= 4 is 29.1 Å². The Labute approximate surface area is 138 Å². The monoisotopic (exact) mass is 333 g/mol. The fourth-order valence-electron chi connectivity index (χ4n) is 1.94. The van der Waals surface area contributed by atoms with Crippen LogP contribution >= 0.6 is 23.2 Å². The van der Waals surface area contributed by atoms with Crippen LogP contribution in [0, 0.1) is 11.3 Å². The van der Waals surface area contributed by atoms with Crippen LogP contribution in [0.1, 0.15) is 23.7 Å². The number of benzene rings is 1. The van der Waals surface area contributed by atoms with Gasteiger partial charge in [-0.05, 0) is 24.6 Å². The molecule has 1 aromatic heterocycles. The summed E-state index contributed by atoms with van der Waals surface area (Å²) in [6, 6.07) is 11.7. The van der Waals surface area contributed by atoms with E-state index >= 15 is 0 Å². The molecule has 0 aliphatic heterocycles. The molecule has 112 valence electrons. The molecule has 1 aromatic carbocycles. The lowest BCUT2D eigenvalue weighted by atomic mass is 10.1. The van der Waals surface area contributed by atoms with Crippen LogP contribution < -0.4 is 5.32 Å². The molecule has 1 amide bonds. The van der Waals surface area contributed by atoms with Crippen molar-refractivity contribution in [3.63, 3.8) is 0 Å². The van der Waals surface area contributed by atoms with Gasteiger partial charge in [-0.1, -0.05) is 41.4 Å². The first-order valence-corrected chi connectivity index (χ1v) is 7.40. The highest BCUT2D eigenvalue weighted by atomic mass is 35.5. The van der Waals surface area contributed by atoms with Gasteiger partial charge in [0, 0.05) is 23.9 Å². The number of hydrogen-bond donors (Lipinski definition) is 1. The number of hydrogen-bond acceptors (Lipinski definition) is 3. The van der Waals surface area contributed by atoms with E-state index in [2.05, 4.69) is 10.3 Å². The van der Waals surface area contributed by atoms with E-state index in [1.807, 2.05) is 24.3 Å². The fourth-order valence-corrected chi connectivity index (χ4v) is 2.36. The molecule has 0 spiro atoms. The Bertz CT molecular complexity index is 698. The molecule has 0 unspecified atom stereocenters. The highest BCUT2D eigenvalue weighted by Gasteiger charge is 2.18. The number of carbonyl (C=O) groups is 1. The molecule has 0 aliphatic carbocycles. The Balaban J connectivity index is 2.00. The van der Waals surface area contributed by atoms with Crippen LogP contribution in [0.3, 0.4) is 0 Å². The Morgan fingerprint density at radius 2 is 2.09 bits per heavy atom. The van der Waals surface area contributed by atoms with E-state index in [9.17, 15) is 10.1 Å². The number of nitrogens with one attached hydrogen (secondary N) is 1. The first-order valence-electron chi connectivity index (χ1n) is 6.64. The predicted octanol–water partition coefficient (Wildman–Crippen LogP) is 3.70. The molecule has 0 saturated heterocycles. The largest absolute Gasteiger partial charge is 0.337 e. The summed E-state index contributed by atoms with van der Waals surface area (Å²) in [5, 5.41) is 12.5. The van der Waals surface area contributed by atoms with Crippen LogP contribution in [-0.2, 0) is 11.2 Å². The van der Waals surface area contributed by atoms with Gasteiger partial charge >= 0.3 is 0 Å². The SMILES string of the molecule is N#C[C@H](NC(=O)CCc1ccccn1)c1cccc(Cl)c1Cl. The van der Waals surface area contributed by atoms with Crippen molar-refractivity contribution in [2.45, 2.75) is 18.9 Å². The van der Waals surface area contributed by atoms with Gasteiger partial charge in [0.1, 0.15) is 6.04 Å². The van der Waals surface area contributed by atoms with Gasteiger partial charge in [-0.25, -0.2) is 0 Å². The van der Waals surface area contributed by atoms with Gasteiger partial charge in [0.05, 0.1) is 16.1 Å². The Morgan fingerprint density at radius 3 is 2.77 bits per heavy atom. The topological polar surface area (TPSA) is 65.8 Å². The van der Waals surface area contributed by atoms with Crippen LogP contribution in [0.25, 0.3) is 0 Å². The van der Waals surface area contributed by atoms with E-state index in [1.54, 1.807) is 24.4 Å². The summed E-state index contributed by atoms with van der Waals surface area (Å²) in [5.74, 6) is -0.242. The zero-order valence-corrected chi connectivity index (χ0v) is 13.1. The number of aryl methyl sites for hydroxylation is 1. The average molecular weight is 334 g/mol. The number of halogens is 2. The standard InChI is InChI=1S/C16H13Cl2N3O/c17-13-6-3-5-12(16(13)18)14(10-19)21-15(22)8-7-11-4-1-2-9-20-11/h1-6,9,14H,7-8H2,(H,21,22)/t14-/m0/s1. The molecule has 6 heteroatoms. The molecule has 0 bridgehead atoms. The summed E-state index contributed by atoms with van der Waals surface area (Å²) >= 11 is 12.0. The van der Waals surface area contributed by atoms with Gasteiger partial charge in [0.2, 0.25) is 5.91 Å². The molecule has 1 heterocycles. The lowest BCUT2D eigenvalue weighted by Gasteiger charge is -2.14. The molecule has 2 aromatic rings. The summed E-state index contributed by atoms with van der Waals surface area (Å²) in [4.78, 5) is 16.1. The molecule has 2 rings (SSSR count). The van der Waals surface area contributed by atoms with E-state index in [4.69, 9.17) is 23.2 Å². The first kappa shape index (κ1) is 16.3. The van der Waals surface area contributed by atoms with Crippen molar-refractivity contribution in [1.29, 1.82) is 5.26 Å². The molecule has 0 saturated carbocycles. The van der Waals surface area contributed by atoms with E-state index in [1.165, 1.54) is 0 Å². The van der Waals surface area contributed by atoms with E-state index in [0.717, 1.165) is 5.69 Å². The average Bonchev–Trinajstić information content (AvgIpc) is 2.54. The third kappa shape index (κ3) is 4.20. The number of pyridine rings is 1.